The third-order valence-electron chi connectivity index (χ3n) is 3.97. The number of fused-ring (bicyclic) bond motifs is 1. The highest BCUT2D eigenvalue weighted by atomic mass is 15.5. The Kier molecular flexibility index (Phi) is 5.98. The normalized spacial score (nSPS) is 11.3. The lowest BCUT2D eigenvalue weighted by molar-refractivity contribution is 0.292. The number of nitrogens with two attached hydrogens (primary N) is 1. The molecule has 5 heteroatoms. The molecule has 0 saturated heterocycles. The maximum atomic E-state index is 6.08. The second-order valence-electron chi connectivity index (χ2n) is 5.39. The van der Waals surface area contributed by atoms with Crippen LogP contribution in [0.15, 0.2) is 36.9 Å². The summed E-state index contributed by atoms with van der Waals surface area (Å²) in [5.41, 5.74) is 1.14. The average molecular weight is 301 g/mol. The second kappa shape index (κ2) is 7.96. The third-order valence-corrected chi connectivity index (χ3v) is 3.97. The van der Waals surface area contributed by atoms with Gasteiger partial charge in [0.05, 0.1) is 12.1 Å². The minimum absolute atomic E-state index is 0.584. The lowest BCUT2D eigenvalue weighted by Crippen LogP contribution is -2.31. The maximum absolute atomic E-state index is 6.08. The Labute approximate surface area is 133 Å². The highest BCUT2D eigenvalue weighted by Gasteiger charge is 2.13. The van der Waals surface area contributed by atoms with Gasteiger partial charge in [-0.15, -0.1) is 6.58 Å². The van der Waals surface area contributed by atoms with E-state index in [4.69, 9.17) is 10.9 Å². The van der Waals surface area contributed by atoms with Gasteiger partial charge in [-0.05, 0) is 38.2 Å². The molecule has 0 radical (unpaired) electrons. The fourth-order valence-electron chi connectivity index (χ4n) is 2.70. The van der Waals surface area contributed by atoms with Gasteiger partial charge in [0.2, 0.25) is 0 Å². The van der Waals surface area contributed by atoms with Crippen LogP contribution in [0, 0.1) is 0 Å². The van der Waals surface area contributed by atoms with E-state index in [0.29, 0.717) is 6.54 Å². The zero-order chi connectivity index (χ0) is 15.9. The number of rotatable bonds is 9. The fourth-order valence-corrected chi connectivity index (χ4v) is 2.70. The van der Waals surface area contributed by atoms with Crippen LogP contribution in [-0.4, -0.2) is 40.9 Å². The van der Waals surface area contributed by atoms with Gasteiger partial charge in [0.1, 0.15) is 0 Å². The van der Waals surface area contributed by atoms with Crippen molar-refractivity contribution in [3.8, 4) is 0 Å². The van der Waals surface area contributed by atoms with E-state index in [0.717, 1.165) is 49.3 Å². The Bertz CT molecular complexity index is 600. The van der Waals surface area contributed by atoms with Gasteiger partial charge in [0, 0.05) is 11.9 Å². The quantitative estimate of drug-likeness (QED) is 0.439. The fraction of sp³-hybridized carbons (Fsp3) is 0.471. The molecule has 0 aliphatic heterocycles. The molecule has 0 saturated carbocycles. The summed E-state index contributed by atoms with van der Waals surface area (Å²) >= 11 is 0. The summed E-state index contributed by atoms with van der Waals surface area (Å²) in [6.07, 6.45) is 2.87. The molecule has 0 aliphatic rings. The van der Waals surface area contributed by atoms with Gasteiger partial charge in [-0.1, -0.05) is 32.1 Å². The predicted octanol–water partition coefficient (Wildman–Crippen LogP) is 2.63. The number of hydrogen-bond acceptors (Lipinski definition) is 4. The molecule has 120 valence electrons. The second-order valence-corrected chi connectivity index (χ2v) is 5.39. The first kappa shape index (κ1) is 16.5. The van der Waals surface area contributed by atoms with E-state index in [1.165, 1.54) is 0 Å². The van der Waals surface area contributed by atoms with Crippen LogP contribution in [0.1, 0.15) is 20.3 Å². The molecule has 22 heavy (non-hydrogen) atoms. The lowest BCUT2D eigenvalue weighted by atomic mass is 10.2. The van der Waals surface area contributed by atoms with Crippen LogP contribution in [0.3, 0.4) is 0 Å². The monoisotopic (exact) mass is 301 g/mol. The SMILES string of the molecule is C=CCN(N)c1nn(CCCN(CC)CC)c2ccccc12. The molecule has 1 heterocycles. The van der Waals surface area contributed by atoms with Crippen molar-refractivity contribution in [3.05, 3.63) is 36.9 Å². The smallest absolute Gasteiger partial charge is 0.172 e. The van der Waals surface area contributed by atoms with Crippen molar-refractivity contribution in [3.63, 3.8) is 0 Å². The molecule has 2 N–H and O–H groups in total. The topological polar surface area (TPSA) is 50.3 Å². The molecule has 1 aromatic carbocycles. The molecular formula is C17H27N5. The molecule has 2 rings (SSSR count). The standard InChI is InChI=1S/C17H27N5/c1-4-12-21(18)17-15-10-7-8-11-16(15)22(19-17)14-9-13-20(5-2)6-3/h4,7-8,10-11H,1,5-6,9,12-14,18H2,2-3H3. The van der Waals surface area contributed by atoms with Crippen LogP contribution in [0.25, 0.3) is 10.9 Å². The van der Waals surface area contributed by atoms with Crippen LogP contribution >= 0.6 is 0 Å². The number of hydrogen-bond donors (Lipinski definition) is 1. The summed E-state index contributed by atoms with van der Waals surface area (Å²) in [7, 11) is 0. The maximum Gasteiger partial charge on any atom is 0.172 e. The van der Waals surface area contributed by atoms with Crippen LogP contribution in [0.5, 0.6) is 0 Å². The van der Waals surface area contributed by atoms with E-state index in [9.17, 15) is 0 Å². The van der Waals surface area contributed by atoms with Crippen molar-refractivity contribution >= 4 is 16.7 Å². The summed E-state index contributed by atoms with van der Waals surface area (Å²) in [5.74, 6) is 6.90. The number of para-hydroxylation sites is 1. The van der Waals surface area contributed by atoms with Crippen molar-refractivity contribution in [2.45, 2.75) is 26.8 Å². The van der Waals surface area contributed by atoms with Gasteiger partial charge < -0.3 is 4.90 Å². The van der Waals surface area contributed by atoms with Crippen molar-refractivity contribution in [2.75, 3.05) is 31.2 Å². The summed E-state index contributed by atoms with van der Waals surface area (Å²) in [6, 6.07) is 8.24. The molecule has 0 unspecified atom stereocenters. The summed E-state index contributed by atoms with van der Waals surface area (Å²) < 4.78 is 2.07. The first-order chi connectivity index (χ1) is 10.7. The highest BCUT2D eigenvalue weighted by molar-refractivity contribution is 5.90. The van der Waals surface area contributed by atoms with Gasteiger partial charge in [-0.25, -0.2) is 5.84 Å². The zero-order valence-corrected chi connectivity index (χ0v) is 13.7. The van der Waals surface area contributed by atoms with Crippen molar-refractivity contribution in [1.82, 2.24) is 14.7 Å². The Morgan fingerprint density at radius 1 is 1.27 bits per heavy atom. The summed E-state index contributed by atoms with van der Waals surface area (Å²) in [6.45, 7) is 12.9. The molecule has 0 atom stereocenters. The number of anilines is 1. The zero-order valence-electron chi connectivity index (χ0n) is 13.7. The van der Waals surface area contributed by atoms with Gasteiger partial charge in [0.25, 0.3) is 0 Å². The Hall–Kier alpha value is -1.85. The number of benzene rings is 1. The largest absolute Gasteiger partial charge is 0.304 e. The first-order valence-electron chi connectivity index (χ1n) is 8.02. The number of aromatic nitrogens is 2. The number of nitrogens with zero attached hydrogens (tertiary/aromatic N) is 4. The highest BCUT2D eigenvalue weighted by Crippen LogP contribution is 2.24. The predicted molar refractivity (Wildman–Crippen MR) is 93.9 cm³/mol. The molecule has 0 bridgehead atoms. The lowest BCUT2D eigenvalue weighted by Gasteiger charge is -2.17. The van der Waals surface area contributed by atoms with Gasteiger partial charge in [-0.2, -0.15) is 5.10 Å². The molecule has 0 fully saturated rings. The minimum Gasteiger partial charge on any atom is -0.304 e. The Balaban J connectivity index is 2.17. The van der Waals surface area contributed by atoms with E-state index in [2.05, 4.69) is 42.1 Å². The third kappa shape index (κ3) is 3.67. The van der Waals surface area contributed by atoms with Gasteiger partial charge >= 0.3 is 0 Å². The van der Waals surface area contributed by atoms with E-state index >= 15 is 0 Å². The van der Waals surface area contributed by atoms with Gasteiger partial charge in [-0.3, -0.25) is 9.69 Å². The molecular weight excluding hydrogens is 274 g/mol. The molecule has 0 aliphatic carbocycles. The van der Waals surface area contributed by atoms with Crippen LogP contribution in [0.2, 0.25) is 0 Å². The molecule has 1 aromatic heterocycles. The van der Waals surface area contributed by atoms with E-state index in [-0.39, 0.29) is 0 Å². The van der Waals surface area contributed by atoms with Gasteiger partial charge in [0.15, 0.2) is 5.82 Å². The van der Waals surface area contributed by atoms with Crippen molar-refractivity contribution < 1.29 is 0 Å². The van der Waals surface area contributed by atoms with E-state index < -0.39 is 0 Å². The summed E-state index contributed by atoms with van der Waals surface area (Å²) in [5, 5.41) is 7.45. The minimum atomic E-state index is 0.584. The Morgan fingerprint density at radius 2 is 2.00 bits per heavy atom. The van der Waals surface area contributed by atoms with Crippen molar-refractivity contribution in [2.24, 2.45) is 5.84 Å². The number of aryl methyl sites for hydroxylation is 1. The molecule has 2 aromatic rings. The molecule has 0 spiro atoms. The molecule has 5 nitrogen and oxygen atoms in total. The van der Waals surface area contributed by atoms with E-state index in [1.54, 1.807) is 11.1 Å². The molecule has 0 amide bonds. The van der Waals surface area contributed by atoms with Crippen molar-refractivity contribution in [1.29, 1.82) is 0 Å². The Morgan fingerprint density at radius 3 is 2.68 bits per heavy atom. The van der Waals surface area contributed by atoms with Crippen LogP contribution < -0.4 is 10.9 Å². The average Bonchev–Trinajstić information content (AvgIpc) is 2.91. The van der Waals surface area contributed by atoms with Crippen LogP contribution in [-0.2, 0) is 6.54 Å². The van der Waals surface area contributed by atoms with E-state index in [1.807, 2.05) is 12.1 Å². The first-order valence-corrected chi connectivity index (χ1v) is 8.02. The summed E-state index contributed by atoms with van der Waals surface area (Å²) in [4.78, 5) is 2.43. The number of hydrazine groups is 1. The van der Waals surface area contributed by atoms with Crippen LogP contribution in [0.4, 0.5) is 5.82 Å².